The number of hydrogen-bond donors (Lipinski definition) is 6. The van der Waals surface area contributed by atoms with Gasteiger partial charge in [-0.2, -0.15) is 0 Å². The normalized spacial score (nSPS) is 2.50. The van der Waals surface area contributed by atoms with Crippen LogP contribution in [0.15, 0.2) is 0 Å². The zero-order valence-electron chi connectivity index (χ0n) is 5.59. The van der Waals surface area contributed by atoms with Gasteiger partial charge in [0.15, 0.2) is 0 Å². The Balaban J connectivity index is -0.00000000281. The largest absolute Gasteiger partial charge is 0.412 e. The van der Waals surface area contributed by atoms with E-state index in [1.807, 2.05) is 0 Å². The van der Waals surface area contributed by atoms with Gasteiger partial charge in [-0.25, -0.2) is 10.5 Å². The van der Waals surface area contributed by atoms with E-state index in [-0.39, 0.29) is 27.4 Å². The van der Waals surface area contributed by atoms with Crippen molar-refractivity contribution in [2.24, 2.45) is 0 Å². The van der Waals surface area contributed by atoms with E-state index in [0.29, 0.717) is 0 Å². The van der Waals surface area contributed by atoms with Gasteiger partial charge in [0.05, 0.1) is 0 Å². The second-order valence-corrected chi connectivity index (χ2v) is 0.0816. The van der Waals surface area contributed by atoms with E-state index >= 15 is 0 Å². The maximum Gasteiger partial charge on any atom is -0.0737 e. The highest BCUT2D eigenvalue weighted by Crippen LogP contribution is 1.24. The summed E-state index contributed by atoms with van der Waals surface area (Å²) in [7, 11) is 0. The molecule has 0 aromatic rings. The number of rotatable bonds is 0. The van der Waals surface area contributed by atoms with Crippen LogP contribution in [0.1, 0.15) is 0 Å². The highest BCUT2D eigenvalue weighted by molar-refractivity contribution is 2.38. The van der Waals surface area contributed by atoms with Crippen LogP contribution in [0.5, 0.6) is 0 Å². The van der Waals surface area contributed by atoms with Crippen molar-refractivity contribution in [3.05, 3.63) is 0 Å². The summed E-state index contributed by atoms with van der Waals surface area (Å²) in [5.74, 6) is 0. The minimum atomic E-state index is 0. The first-order valence-electron chi connectivity index (χ1n) is 0.765. The zero-order chi connectivity index (χ0) is 6.71. The van der Waals surface area contributed by atoms with E-state index in [4.69, 9.17) is 31.5 Å². The predicted octanol–water partition coefficient (Wildman–Crippen LogP) is -4.14. The standard InChI is InChI=1S/H2O3.2H2O2.5H2O/c1-3-2;2*1-2;;;;;/h1-2H;2*1-2H;5*1H2. The van der Waals surface area contributed by atoms with Crippen LogP contribution in [-0.4, -0.2) is 58.9 Å². The molecule has 0 unspecified atom stereocenters. The first-order chi connectivity index (χ1) is 3.41. The van der Waals surface area contributed by atoms with E-state index in [1.54, 1.807) is 0 Å². The Bertz CT molecular complexity index is 0. The Kier molecular flexibility index (Phi) is 30200. The molecule has 12 nitrogen and oxygen atoms in total. The fourth-order valence-electron chi connectivity index (χ4n) is 0. The van der Waals surface area contributed by atoms with Crippen LogP contribution in [0.4, 0.5) is 0 Å². The molecular formula is H16O12. The van der Waals surface area contributed by atoms with E-state index < -0.39 is 0 Å². The molecule has 0 heterocycles. The Labute approximate surface area is 65.4 Å². The van der Waals surface area contributed by atoms with Gasteiger partial charge in [0.1, 0.15) is 0 Å². The van der Waals surface area contributed by atoms with Crippen LogP contribution >= 0.6 is 0 Å². The van der Waals surface area contributed by atoms with Gasteiger partial charge in [0.25, 0.3) is 0 Å². The second-order valence-electron chi connectivity index (χ2n) is 0.0816. The molecule has 0 saturated heterocycles. The molecule has 0 radical (unpaired) electrons. The van der Waals surface area contributed by atoms with Gasteiger partial charge in [-0.15, -0.1) is 0 Å². The molecule has 16 N–H and O–H groups in total. The molecule has 0 atom stereocenters. The summed E-state index contributed by atoms with van der Waals surface area (Å²) in [6.45, 7) is 0. The van der Waals surface area contributed by atoms with E-state index in [9.17, 15) is 0 Å². The highest BCUT2D eigenvalue weighted by atomic mass is 17.4. The molecule has 0 aliphatic heterocycles. The van der Waals surface area contributed by atoms with Crippen molar-refractivity contribution in [3.8, 4) is 0 Å². The Morgan fingerprint density at radius 1 is 0.500 bits per heavy atom. The number of hydrogen-bond acceptors (Lipinski definition) is 7. The van der Waals surface area contributed by atoms with Crippen molar-refractivity contribution >= 4 is 0 Å². The Morgan fingerprint density at radius 3 is 0.500 bits per heavy atom. The van der Waals surface area contributed by atoms with Gasteiger partial charge < -0.3 is 27.4 Å². The third kappa shape index (κ3) is 3000. The van der Waals surface area contributed by atoms with Gasteiger partial charge in [-0.05, 0) is 0 Å². The lowest BCUT2D eigenvalue weighted by atomic mass is 14.6. The lowest BCUT2D eigenvalue weighted by Gasteiger charge is -1.56. The predicted molar refractivity (Wildman–Crippen MR) is 34.9 cm³/mol. The molecule has 0 bridgehead atoms. The van der Waals surface area contributed by atoms with Crippen LogP contribution in [0, 0.1) is 0 Å². The molecule has 0 spiro atoms. The average molecular weight is 208 g/mol. The van der Waals surface area contributed by atoms with Crippen LogP contribution in [0.2, 0.25) is 0 Å². The van der Waals surface area contributed by atoms with Gasteiger partial charge in [0, 0.05) is 0 Å². The van der Waals surface area contributed by atoms with Gasteiger partial charge in [0.2, 0.25) is 0 Å². The molecule has 0 amide bonds. The fourth-order valence-corrected chi connectivity index (χ4v) is 0. The van der Waals surface area contributed by atoms with Crippen LogP contribution in [0.3, 0.4) is 0 Å². The molecule has 0 fully saturated rings. The summed E-state index contributed by atoms with van der Waals surface area (Å²) >= 11 is 0. The van der Waals surface area contributed by atoms with Crippen molar-refractivity contribution in [3.63, 3.8) is 0 Å². The molecule has 0 aromatic heterocycles. The van der Waals surface area contributed by atoms with Gasteiger partial charge in [-0.1, -0.05) is 5.04 Å². The van der Waals surface area contributed by atoms with Gasteiger partial charge in [-0.3, -0.25) is 21.0 Å². The SMILES string of the molecule is O.O.O.O.O.OO.OO.OOO. The molecule has 0 saturated carbocycles. The summed E-state index contributed by atoms with van der Waals surface area (Å²) in [6.07, 6.45) is 0. The lowest BCUT2D eigenvalue weighted by molar-refractivity contribution is -0.465. The van der Waals surface area contributed by atoms with Crippen LogP contribution < -0.4 is 0 Å². The first-order valence-corrected chi connectivity index (χ1v) is 0.765. The van der Waals surface area contributed by atoms with Crippen LogP contribution in [-0.2, 0) is 5.04 Å². The molecule has 0 aliphatic rings. The summed E-state index contributed by atoms with van der Waals surface area (Å²) < 4.78 is 0. The smallest absolute Gasteiger partial charge is 0.0737 e. The second kappa shape index (κ2) is 3530. The molecule has 0 aliphatic carbocycles. The Hall–Kier alpha value is -0.480. The quantitative estimate of drug-likeness (QED) is 0.168. The summed E-state index contributed by atoms with van der Waals surface area (Å²) in [6, 6.07) is 0. The van der Waals surface area contributed by atoms with Crippen molar-refractivity contribution in [2.75, 3.05) is 0 Å². The zero-order valence-corrected chi connectivity index (χ0v) is 5.59. The lowest BCUT2D eigenvalue weighted by Crippen LogP contribution is -1.60. The summed E-state index contributed by atoms with van der Waals surface area (Å²) in [5.41, 5.74) is 0. The third-order valence-corrected chi connectivity index (χ3v) is 0. The van der Waals surface area contributed by atoms with Crippen LogP contribution in [0.25, 0.3) is 0 Å². The maximum absolute atomic E-state index is 6.62. The molecule has 12 heteroatoms. The first kappa shape index (κ1) is 103. The molecular weight excluding hydrogens is 192 g/mol. The maximum atomic E-state index is 6.62. The Morgan fingerprint density at radius 2 is 0.500 bits per heavy atom. The van der Waals surface area contributed by atoms with E-state index in [1.165, 1.54) is 0 Å². The fraction of sp³-hybridized carbons (Fsp3) is 0. The van der Waals surface area contributed by atoms with E-state index in [0.717, 1.165) is 0 Å². The summed E-state index contributed by atoms with van der Waals surface area (Å²) in [5, 5.41) is 39.5. The van der Waals surface area contributed by atoms with Crippen molar-refractivity contribution in [1.82, 2.24) is 0 Å². The molecule has 88 valence electrons. The van der Waals surface area contributed by atoms with Gasteiger partial charge >= 0.3 is 0 Å². The third-order valence-electron chi connectivity index (χ3n) is 0. The minimum absolute atomic E-state index is 0. The highest BCUT2D eigenvalue weighted by Gasteiger charge is 1.27. The van der Waals surface area contributed by atoms with Crippen molar-refractivity contribution < 1.29 is 64.0 Å². The summed E-state index contributed by atoms with van der Waals surface area (Å²) in [4.78, 5) is 0. The molecule has 0 rings (SSSR count). The molecule has 0 aromatic carbocycles. The van der Waals surface area contributed by atoms with Crippen molar-refractivity contribution in [1.29, 1.82) is 0 Å². The minimum Gasteiger partial charge on any atom is -0.412 e. The average Bonchev–Trinajstić information content (AvgIpc) is 1.78. The molecule has 12 heavy (non-hydrogen) atoms. The van der Waals surface area contributed by atoms with E-state index in [2.05, 4.69) is 5.04 Å². The van der Waals surface area contributed by atoms with Crippen molar-refractivity contribution in [2.45, 2.75) is 0 Å². The topological polar surface area (TPSA) is 288 Å². The monoisotopic (exact) mass is 208 g/mol.